The molecule has 1 aliphatic heterocycles. The van der Waals surface area contributed by atoms with Gasteiger partial charge in [0.2, 0.25) is 10.0 Å². The lowest BCUT2D eigenvalue weighted by atomic mass is 10.0. The lowest BCUT2D eigenvalue weighted by Gasteiger charge is -2.26. The summed E-state index contributed by atoms with van der Waals surface area (Å²) in [6, 6.07) is 10.1. The van der Waals surface area contributed by atoms with E-state index in [9.17, 15) is 12.8 Å². The Bertz CT molecular complexity index is 1090. The van der Waals surface area contributed by atoms with Crippen molar-refractivity contribution >= 4 is 20.9 Å². The maximum Gasteiger partial charge on any atom is 0.243 e. The van der Waals surface area contributed by atoms with Gasteiger partial charge in [0, 0.05) is 36.1 Å². The van der Waals surface area contributed by atoms with Crippen LogP contribution < -0.4 is 0 Å². The molecule has 0 spiro atoms. The summed E-state index contributed by atoms with van der Waals surface area (Å²) in [6.07, 6.45) is 0.641. The van der Waals surface area contributed by atoms with Crippen LogP contribution in [0.4, 0.5) is 4.39 Å². The first-order valence-electron chi connectivity index (χ1n) is 8.22. The smallest absolute Gasteiger partial charge is 0.243 e. The lowest BCUT2D eigenvalue weighted by Crippen LogP contribution is -2.35. The molecule has 2 aromatic carbocycles. The van der Waals surface area contributed by atoms with Gasteiger partial charge in [0.15, 0.2) is 0 Å². The van der Waals surface area contributed by atoms with Gasteiger partial charge in [-0.1, -0.05) is 11.6 Å². The molecule has 1 N–H and O–H groups in total. The number of H-pyrrole nitrogens is 1. The van der Waals surface area contributed by atoms with Gasteiger partial charge >= 0.3 is 0 Å². The topological polar surface area (TPSA) is 53.2 Å². The van der Waals surface area contributed by atoms with Crippen LogP contribution in [0.5, 0.6) is 0 Å². The van der Waals surface area contributed by atoms with Gasteiger partial charge in [0.25, 0.3) is 0 Å². The molecule has 2 heterocycles. The van der Waals surface area contributed by atoms with Crippen LogP contribution in [0.1, 0.15) is 22.4 Å². The summed E-state index contributed by atoms with van der Waals surface area (Å²) in [6.45, 7) is 4.34. The van der Waals surface area contributed by atoms with Crippen molar-refractivity contribution < 1.29 is 12.8 Å². The predicted molar refractivity (Wildman–Crippen MR) is 95.5 cm³/mol. The Morgan fingerprint density at radius 3 is 2.68 bits per heavy atom. The van der Waals surface area contributed by atoms with E-state index in [0.717, 1.165) is 27.7 Å². The molecule has 0 unspecified atom stereocenters. The molecule has 0 radical (unpaired) electrons. The van der Waals surface area contributed by atoms with E-state index < -0.39 is 15.8 Å². The Morgan fingerprint density at radius 1 is 1.12 bits per heavy atom. The van der Waals surface area contributed by atoms with Crippen molar-refractivity contribution in [2.45, 2.75) is 31.7 Å². The minimum atomic E-state index is -3.65. The van der Waals surface area contributed by atoms with Crippen molar-refractivity contribution in [3.05, 3.63) is 64.6 Å². The molecule has 0 aliphatic carbocycles. The Hall–Kier alpha value is -2.18. The summed E-state index contributed by atoms with van der Waals surface area (Å²) < 4.78 is 40.9. The molecule has 1 aliphatic rings. The van der Waals surface area contributed by atoms with Crippen LogP contribution in [-0.4, -0.2) is 24.3 Å². The summed E-state index contributed by atoms with van der Waals surface area (Å²) in [4.78, 5) is 3.54. The maximum atomic E-state index is 13.5. The molecule has 3 aromatic rings. The fraction of sp³-hybridized carbons (Fsp3) is 0.263. The third-order valence-electron chi connectivity index (χ3n) is 4.86. The number of aromatic nitrogens is 1. The standard InChI is InChI=1S/C19H19FN2O2S/c1-12-3-6-18-15(9-12)16-11-22(8-7-19(16)21-18)25(23,24)14-4-5-17(20)13(2)10-14/h3-6,9-10,21H,7-8,11H2,1-2H3. The largest absolute Gasteiger partial charge is 0.358 e. The van der Waals surface area contributed by atoms with Gasteiger partial charge in [-0.25, -0.2) is 12.8 Å². The minimum absolute atomic E-state index is 0.144. The molecule has 0 atom stereocenters. The molecular weight excluding hydrogens is 339 g/mol. The quantitative estimate of drug-likeness (QED) is 0.760. The summed E-state index contributed by atoms with van der Waals surface area (Å²) in [5.74, 6) is -0.396. The number of rotatable bonds is 2. The molecule has 0 fully saturated rings. The zero-order chi connectivity index (χ0) is 17.8. The number of fused-ring (bicyclic) bond motifs is 3. The maximum absolute atomic E-state index is 13.5. The van der Waals surface area contributed by atoms with Gasteiger partial charge in [-0.3, -0.25) is 0 Å². The van der Waals surface area contributed by atoms with Crippen molar-refractivity contribution in [1.82, 2.24) is 9.29 Å². The molecule has 0 saturated carbocycles. The molecule has 4 nitrogen and oxygen atoms in total. The van der Waals surface area contributed by atoms with E-state index in [0.29, 0.717) is 25.1 Å². The zero-order valence-electron chi connectivity index (χ0n) is 14.1. The van der Waals surface area contributed by atoms with Gasteiger partial charge < -0.3 is 4.98 Å². The highest BCUT2D eigenvalue weighted by Crippen LogP contribution is 2.31. The second-order valence-corrected chi connectivity index (χ2v) is 8.57. The fourth-order valence-electron chi connectivity index (χ4n) is 3.44. The Labute approximate surface area is 146 Å². The van der Waals surface area contributed by atoms with E-state index in [1.165, 1.54) is 22.5 Å². The summed E-state index contributed by atoms with van der Waals surface area (Å²) in [5.41, 5.74) is 4.65. The molecular formula is C19H19FN2O2S. The molecule has 130 valence electrons. The number of nitrogens with zero attached hydrogens (tertiary/aromatic N) is 1. The average molecular weight is 358 g/mol. The molecule has 25 heavy (non-hydrogen) atoms. The molecule has 0 saturated heterocycles. The van der Waals surface area contributed by atoms with E-state index in [1.807, 2.05) is 19.1 Å². The van der Waals surface area contributed by atoms with Gasteiger partial charge in [0.05, 0.1) is 4.90 Å². The second-order valence-electron chi connectivity index (χ2n) is 6.63. The van der Waals surface area contributed by atoms with Crippen LogP contribution in [-0.2, 0) is 23.0 Å². The SMILES string of the molecule is Cc1ccc2[nH]c3c(c2c1)CN(S(=O)(=O)c1ccc(F)c(C)c1)CC3. The molecule has 4 rings (SSSR count). The minimum Gasteiger partial charge on any atom is -0.358 e. The highest BCUT2D eigenvalue weighted by molar-refractivity contribution is 7.89. The predicted octanol–water partition coefficient (Wildman–Crippen LogP) is 3.67. The first-order valence-corrected chi connectivity index (χ1v) is 9.66. The highest BCUT2D eigenvalue weighted by atomic mass is 32.2. The average Bonchev–Trinajstić information content (AvgIpc) is 2.94. The third kappa shape index (κ3) is 2.65. The van der Waals surface area contributed by atoms with Crippen LogP contribution in [0.3, 0.4) is 0 Å². The van der Waals surface area contributed by atoms with Crippen LogP contribution in [0.25, 0.3) is 10.9 Å². The van der Waals surface area contributed by atoms with Crippen LogP contribution >= 0.6 is 0 Å². The second kappa shape index (κ2) is 5.68. The number of halogens is 1. The first-order chi connectivity index (χ1) is 11.9. The summed E-state index contributed by atoms with van der Waals surface area (Å²) in [7, 11) is -3.65. The molecule has 0 amide bonds. The molecule has 6 heteroatoms. The number of hydrogen-bond acceptors (Lipinski definition) is 2. The molecule has 1 aromatic heterocycles. The van der Waals surface area contributed by atoms with Gasteiger partial charge in [-0.15, -0.1) is 0 Å². The number of aromatic amines is 1. The zero-order valence-corrected chi connectivity index (χ0v) is 15.0. The first kappa shape index (κ1) is 16.3. The van der Waals surface area contributed by atoms with Crippen LogP contribution in [0.15, 0.2) is 41.3 Å². The highest BCUT2D eigenvalue weighted by Gasteiger charge is 2.30. The number of aryl methyl sites for hydroxylation is 2. The monoisotopic (exact) mass is 358 g/mol. The third-order valence-corrected chi connectivity index (χ3v) is 6.70. The van der Waals surface area contributed by atoms with Crippen molar-refractivity contribution in [3.8, 4) is 0 Å². The van der Waals surface area contributed by atoms with Crippen molar-refractivity contribution in [1.29, 1.82) is 0 Å². The Morgan fingerprint density at radius 2 is 1.92 bits per heavy atom. The van der Waals surface area contributed by atoms with E-state index in [1.54, 1.807) is 6.92 Å². The van der Waals surface area contributed by atoms with Gasteiger partial charge in [-0.2, -0.15) is 4.31 Å². The van der Waals surface area contributed by atoms with Gasteiger partial charge in [-0.05, 0) is 55.3 Å². The van der Waals surface area contributed by atoms with E-state index in [2.05, 4.69) is 11.1 Å². The number of nitrogens with one attached hydrogen (secondary N) is 1. The van der Waals surface area contributed by atoms with Crippen molar-refractivity contribution in [2.24, 2.45) is 0 Å². The summed E-state index contributed by atoms with van der Waals surface area (Å²) >= 11 is 0. The lowest BCUT2D eigenvalue weighted by molar-refractivity contribution is 0.391. The van der Waals surface area contributed by atoms with Crippen LogP contribution in [0, 0.1) is 19.7 Å². The summed E-state index contributed by atoms with van der Waals surface area (Å²) in [5, 5.41) is 1.07. The van der Waals surface area contributed by atoms with Crippen LogP contribution in [0.2, 0.25) is 0 Å². The number of benzene rings is 2. The normalized spacial score (nSPS) is 15.5. The number of sulfonamides is 1. The van der Waals surface area contributed by atoms with Gasteiger partial charge in [0.1, 0.15) is 5.82 Å². The van der Waals surface area contributed by atoms with E-state index in [4.69, 9.17) is 0 Å². The molecule has 0 bridgehead atoms. The van der Waals surface area contributed by atoms with Crippen molar-refractivity contribution in [2.75, 3.05) is 6.54 Å². The van der Waals surface area contributed by atoms with Crippen molar-refractivity contribution in [3.63, 3.8) is 0 Å². The number of hydrogen-bond donors (Lipinski definition) is 1. The Kier molecular flexibility index (Phi) is 3.70. The van der Waals surface area contributed by atoms with E-state index in [-0.39, 0.29) is 4.90 Å². The van der Waals surface area contributed by atoms with E-state index >= 15 is 0 Å². The Balaban J connectivity index is 1.75. The fourth-order valence-corrected chi connectivity index (χ4v) is 4.93.